The molecule has 1 aliphatic heterocycles. The van der Waals surface area contributed by atoms with Crippen LogP contribution in [0.3, 0.4) is 0 Å². The molecule has 1 fully saturated rings. The molecule has 1 heterocycles. The molecule has 7 heteroatoms. The van der Waals surface area contributed by atoms with E-state index in [1.165, 1.54) is 0 Å². The van der Waals surface area contributed by atoms with Crippen LogP contribution in [-0.2, 0) is 9.59 Å². The van der Waals surface area contributed by atoms with E-state index in [-0.39, 0.29) is 17.7 Å². The monoisotopic (exact) mass is 332 g/mol. The number of hydrogen-bond acceptors (Lipinski definition) is 3. The molecule has 1 atom stereocenters. The lowest BCUT2D eigenvalue weighted by Crippen LogP contribution is -2.42. The number of nitrogens with one attached hydrogen (secondary N) is 4. The van der Waals surface area contributed by atoms with Crippen LogP contribution in [0.15, 0.2) is 18.2 Å². The van der Waals surface area contributed by atoms with Crippen molar-refractivity contribution in [2.24, 2.45) is 5.92 Å². The highest BCUT2D eigenvalue weighted by Crippen LogP contribution is 2.23. The molecule has 2 rings (SSSR count). The average Bonchev–Trinajstić information content (AvgIpc) is 2.87. The van der Waals surface area contributed by atoms with E-state index in [2.05, 4.69) is 21.3 Å². The number of anilines is 2. The number of urea groups is 1. The zero-order chi connectivity index (χ0) is 17.7. The van der Waals surface area contributed by atoms with Gasteiger partial charge >= 0.3 is 6.03 Å². The van der Waals surface area contributed by atoms with Crippen molar-refractivity contribution in [3.63, 3.8) is 0 Å². The lowest BCUT2D eigenvalue weighted by atomic mass is 10.1. The van der Waals surface area contributed by atoms with E-state index in [0.29, 0.717) is 30.8 Å². The molecule has 0 radical (unpaired) electrons. The highest BCUT2D eigenvalue weighted by molar-refractivity contribution is 5.97. The van der Waals surface area contributed by atoms with Gasteiger partial charge in [0.05, 0.1) is 0 Å². The SMILES string of the molecule is Cc1c(NC(=O)CC(C)C)cccc1NC(=O)N[C@H]1CCNC1=O. The summed E-state index contributed by atoms with van der Waals surface area (Å²) in [6.07, 6.45) is 1.02. The van der Waals surface area contributed by atoms with Gasteiger partial charge in [0.25, 0.3) is 0 Å². The Morgan fingerprint density at radius 3 is 2.50 bits per heavy atom. The van der Waals surface area contributed by atoms with E-state index in [0.717, 1.165) is 5.56 Å². The molecule has 0 unspecified atom stereocenters. The van der Waals surface area contributed by atoms with E-state index in [4.69, 9.17) is 0 Å². The maximum atomic E-state index is 12.1. The standard InChI is InChI=1S/C17H24N4O3/c1-10(2)9-15(22)19-12-5-4-6-13(11(12)3)20-17(24)21-14-7-8-18-16(14)23/h4-6,10,14H,7-9H2,1-3H3,(H,18,23)(H,19,22)(H2,20,21,24)/t14-/m0/s1. The molecule has 0 spiro atoms. The quantitative estimate of drug-likeness (QED) is 0.663. The predicted molar refractivity (Wildman–Crippen MR) is 92.8 cm³/mol. The maximum absolute atomic E-state index is 12.1. The van der Waals surface area contributed by atoms with Gasteiger partial charge in [-0.15, -0.1) is 0 Å². The van der Waals surface area contributed by atoms with Crippen LogP contribution in [0.2, 0.25) is 0 Å². The number of benzene rings is 1. The highest BCUT2D eigenvalue weighted by atomic mass is 16.2. The van der Waals surface area contributed by atoms with Gasteiger partial charge in [-0.3, -0.25) is 9.59 Å². The Morgan fingerprint density at radius 2 is 1.92 bits per heavy atom. The van der Waals surface area contributed by atoms with Crippen LogP contribution >= 0.6 is 0 Å². The maximum Gasteiger partial charge on any atom is 0.319 e. The fraction of sp³-hybridized carbons (Fsp3) is 0.471. The molecule has 4 amide bonds. The Hall–Kier alpha value is -2.57. The van der Waals surface area contributed by atoms with Crippen molar-refractivity contribution < 1.29 is 14.4 Å². The first kappa shape index (κ1) is 17.8. The Morgan fingerprint density at radius 1 is 1.25 bits per heavy atom. The molecule has 1 saturated heterocycles. The fourth-order valence-corrected chi connectivity index (χ4v) is 2.53. The summed E-state index contributed by atoms with van der Waals surface area (Å²) in [6, 6.07) is 4.36. The number of carbonyl (C=O) groups excluding carboxylic acids is 3. The van der Waals surface area contributed by atoms with Gasteiger partial charge in [0.1, 0.15) is 6.04 Å². The molecular weight excluding hydrogens is 308 g/mol. The van der Waals surface area contributed by atoms with Crippen LogP contribution in [0.1, 0.15) is 32.3 Å². The summed E-state index contributed by atoms with van der Waals surface area (Å²) in [5, 5.41) is 10.9. The summed E-state index contributed by atoms with van der Waals surface area (Å²) >= 11 is 0. The lowest BCUT2D eigenvalue weighted by Gasteiger charge is -2.15. The second kappa shape index (κ2) is 7.81. The summed E-state index contributed by atoms with van der Waals surface area (Å²) in [5.74, 6) is 0.0452. The van der Waals surface area contributed by atoms with Crippen LogP contribution in [0.4, 0.5) is 16.2 Å². The van der Waals surface area contributed by atoms with Crippen LogP contribution in [0, 0.1) is 12.8 Å². The van der Waals surface area contributed by atoms with E-state index in [1.54, 1.807) is 18.2 Å². The molecule has 0 bridgehead atoms. The molecule has 0 saturated carbocycles. The van der Waals surface area contributed by atoms with Gasteiger partial charge in [-0.25, -0.2) is 4.79 Å². The Kier molecular flexibility index (Phi) is 5.78. The van der Waals surface area contributed by atoms with E-state index in [9.17, 15) is 14.4 Å². The number of carbonyl (C=O) groups is 3. The third kappa shape index (κ3) is 4.71. The van der Waals surface area contributed by atoms with Gasteiger partial charge in [0, 0.05) is 24.3 Å². The zero-order valence-electron chi connectivity index (χ0n) is 14.2. The molecule has 1 aliphatic rings. The molecule has 1 aromatic rings. The van der Waals surface area contributed by atoms with Gasteiger partial charge in [0.2, 0.25) is 11.8 Å². The van der Waals surface area contributed by atoms with E-state index in [1.807, 2.05) is 20.8 Å². The third-order valence-electron chi connectivity index (χ3n) is 3.80. The second-order valence-corrected chi connectivity index (χ2v) is 6.36. The first-order valence-electron chi connectivity index (χ1n) is 8.11. The molecule has 7 nitrogen and oxygen atoms in total. The molecule has 1 aromatic carbocycles. The molecule has 24 heavy (non-hydrogen) atoms. The van der Waals surface area contributed by atoms with Gasteiger partial charge in [0.15, 0.2) is 0 Å². The van der Waals surface area contributed by atoms with Crippen molar-refractivity contribution >= 4 is 29.2 Å². The normalized spacial score (nSPS) is 16.7. The summed E-state index contributed by atoms with van der Waals surface area (Å²) < 4.78 is 0. The van der Waals surface area contributed by atoms with Crippen molar-refractivity contribution in [3.8, 4) is 0 Å². The Labute approximate surface area is 141 Å². The minimum Gasteiger partial charge on any atom is -0.354 e. The minimum absolute atomic E-state index is 0.0580. The molecule has 0 aliphatic carbocycles. The topological polar surface area (TPSA) is 99.3 Å². The predicted octanol–water partition coefficient (Wildman–Crippen LogP) is 1.99. The minimum atomic E-state index is -0.501. The van der Waals surface area contributed by atoms with Gasteiger partial charge in [-0.05, 0) is 37.0 Å². The summed E-state index contributed by atoms with van der Waals surface area (Å²) in [4.78, 5) is 35.5. The second-order valence-electron chi connectivity index (χ2n) is 6.36. The number of rotatable bonds is 5. The van der Waals surface area contributed by atoms with Crippen LogP contribution in [-0.4, -0.2) is 30.4 Å². The van der Waals surface area contributed by atoms with Crippen LogP contribution in [0.25, 0.3) is 0 Å². The Balaban J connectivity index is 2.00. The molecule has 4 N–H and O–H groups in total. The first-order chi connectivity index (χ1) is 11.4. The molecule has 0 aromatic heterocycles. The number of hydrogen-bond donors (Lipinski definition) is 4. The first-order valence-corrected chi connectivity index (χ1v) is 8.11. The summed E-state index contributed by atoms with van der Waals surface area (Å²) in [7, 11) is 0. The van der Waals surface area contributed by atoms with E-state index < -0.39 is 12.1 Å². The third-order valence-corrected chi connectivity index (χ3v) is 3.80. The summed E-state index contributed by atoms with van der Waals surface area (Å²) in [6.45, 7) is 6.35. The summed E-state index contributed by atoms with van der Waals surface area (Å²) in [5.41, 5.74) is 2.02. The van der Waals surface area contributed by atoms with E-state index >= 15 is 0 Å². The zero-order valence-corrected chi connectivity index (χ0v) is 14.2. The smallest absolute Gasteiger partial charge is 0.319 e. The Bertz CT molecular complexity index is 643. The van der Waals surface area contributed by atoms with Gasteiger partial charge in [-0.2, -0.15) is 0 Å². The van der Waals surface area contributed by atoms with Crippen molar-refractivity contribution in [1.82, 2.24) is 10.6 Å². The van der Waals surface area contributed by atoms with Crippen molar-refractivity contribution in [2.45, 2.75) is 39.7 Å². The average molecular weight is 332 g/mol. The van der Waals surface area contributed by atoms with Crippen molar-refractivity contribution in [1.29, 1.82) is 0 Å². The highest BCUT2D eigenvalue weighted by Gasteiger charge is 2.25. The lowest BCUT2D eigenvalue weighted by molar-refractivity contribution is -0.120. The van der Waals surface area contributed by atoms with Crippen LogP contribution in [0.5, 0.6) is 0 Å². The van der Waals surface area contributed by atoms with Crippen molar-refractivity contribution in [2.75, 3.05) is 17.2 Å². The number of amides is 4. The van der Waals surface area contributed by atoms with Gasteiger partial charge < -0.3 is 21.3 Å². The largest absolute Gasteiger partial charge is 0.354 e. The van der Waals surface area contributed by atoms with Crippen molar-refractivity contribution in [3.05, 3.63) is 23.8 Å². The van der Waals surface area contributed by atoms with Gasteiger partial charge in [-0.1, -0.05) is 19.9 Å². The fourth-order valence-electron chi connectivity index (χ4n) is 2.53. The molecule has 130 valence electrons. The van der Waals surface area contributed by atoms with Crippen LogP contribution < -0.4 is 21.3 Å². The molecular formula is C17H24N4O3.